The summed E-state index contributed by atoms with van der Waals surface area (Å²) in [7, 11) is 0. The number of ether oxygens (including phenoxy) is 1. The molecule has 1 aromatic carbocycles. The van der Waals surface area contributed by atoms with E-state index in [-0.39, 0.29) is 6.10 Å². The van der Waals surface area contributed by atoms with Gasteiger partial charge in [0.15, 0.2) is 0 Å². The van der Waals surface area contributed by atoms with Gasteiger partial charge in [0.05, 0.1) is 0 Å². The molecule has 1 atom stereocenters. The van der Waals surface area contributed by atoms with E-state index in [4.69, 9.17) is 9.84 Å². The molecule has 0 amide bonds. The average molecular weight is 292 g/mol. The molecule has 0 aliphatic carbocycles. The van der Waals surface area contributed by atoms with Gasteiger partial charge in [0.2, 0.25) is 0 Å². The van der Waals surface area contributed by atoms with E-state index in [2.05, 4.69) is 30.3 Å². The minimum absolute atomic E-state index is 0.124. The molecule has 0 aliphatic heterocycles. The van der Waals surface area contributed by atoms with Crippen LogP contribution in [0.1, 0.15) is 63.9 Å². The summed E-state index contributed by atoms with van der Waals surface area (Å²) >= 11 is 0. The molecule has 0 heterocycles. The molecule has 1 aromatic rings. The van der Waals surface area contributed by atoms with Crippen LogP contribution in [0.25, 0.3) is 0 Å². The van der Waals surface area contributed by atoms with Crippen molar-refractivity contribution in [3.8, 4) is 0 Å². The first kappa shape index (κ1) is 17.5. The summed E-state index contributed by atoms with van der Waals surface area (Å²) in [4.78, 5) is 10.5. The molecule has 0 spiro atoms. The molecule has 3 nitrogen and oxygen atoms in total. The molecular formula is C18H28O3. The third-order valence-corrected chi connectivity index (χ3v) is 3.81. The van der Waals surface area contributed by atoms with E-state index in [1.807, 2.05) is 6.92 Å². The smallest absolute Gasteiger partial charge is 0.450 e. The summed E-state index contributed by atoms with van der Waals surface area (Å²) in [5, 5.41) is 8.59. The number of hydrogen-bond acceptors (Lipinski definition) is 2. The van der Waals surface area contributed by atoms with Gasteiger partial charge in [0, 0.05) is 0 Å². The summed E-state index contributed by atoms with van der Waals surface area (Å²) in [5.74, 6) is 0. The monoisotopic (exact) mass is 292 g/mol. The molecule has 0 saturated carbocycles. The maximum Gasteiger partial charge on any atom is 0.506 e. The van der Waals surface area contributed by atoms with Crippen molar-refractivity contribution in [2.24, 2.45) is 0 Å². The SMILES string of the molecule is CCC(CCCCCCCCc1ccccc1)OC(=O)O. The van der Waals surface area contributed by atoms with E-state index in [1.54, 1.807) is 0 Å². The lowest BCUT2D eigenvalue weighted by molar-refractivity contribution is 0.0454. The first-order valence-corrected chi connectivity index (χ1v) is 8.16. The molecule has 1 rings (SSSR count). The largest absolute Gasteiger partial charge is 0.506 e. The molecule has 21 heavy (non-hydrogen) atoms. The van der Waals surface area contributed by atoms with Crippen molar-refractivity contribution in [3.05, 3.63) is 35.9 Å². The van der Waals surface area contributed by atoms with Crippen molar-refractivity contribution in [2.45, 2.75) is 70.8 Å². The van der Waals surface area contributed by atoms with Gasteiger partial charge < -0.3 is 9.84 Å². The number of carboxylic acid groups (broad SMARTS) is 1. The van der Waals surface area contributed by atoms with Gasteiger partial charge in [-0.3, -0.25) is 0 Å². The maximum absolute atomic E-state index is 10.5. The van der Waals surface area contributed by atoms with Gasteiger partial charge in [-0.2, -0.15) is 0 Å². The molecule has 118 valence electrons. The van der Waals surface area contributed by atoms with Crippen molar-refractivity contribution < 1.29 is 14.6 Å². The molecular weight excluding hydrogens is 264 g/mol. The molecule has 0 aromatic heterocycles. The fourth-order valence-corrected chi connectivity index (χ4v) is 2.54. The van der Waals surface area contributed by atoms with Crippen molar-refractivity contribution >= 4 is 6.16 Å². The van der Waals surface area contributed by atoms with Gasteiger partial charge in [-0.15, -0.1) is 0 Å². The first-order chi connectivity index (χ1) is 10.2. The van der Waals surface area contributed by atoms with Gasteiger partial charge in [0.1, 0.15) is 6.10 Å². The van der Waals surface area contributed by atoms with Crippen LogP contribution in [0.3, 0.4) is 0 Å². The zero-order valence-electron chi connectivity index (χ0n) is 13.1. The number of carbonyl (C=O) groups is 1. The summed E-state index contributed by atoms with van der Waals surface area (Å²) in [6.45, 7) is 1.97. The Morgan fingerprint density at radius 2 is 1.67 bits per heavy atom. The molecule has 3 heteroatoms. The molecule has 0 aliphatic rings. The van der Waals surface area contributed by atoms with Crippen LogP contribution >= 0.6 is 0 Å². The standard InChI is InChI=1S/C18H28O3/c1-2-17(21-18(19)20)15-11-6-4-3-5-8-12-16-13-9-7-10-14-16/h7,9-10,13-14,17H,2-6,8,11-12,15H2,1H3,(H,19,20). The quantitative estimate of drug-likeness (QED) is 0.437. The summed E-state index contributed by atoms with van der Waals surface area (Å²) in [6.07, 6.45) is 8.78. The zero-order valence-corrected chi connectivity index (χ0v) is 13.1. The summed E-state index contributed by atoms with van der Waals surface area (Å²) in [6, 6.07) is 10.6. The van der Waals surface area contributed by atoms with E-state index in [1.165, 1.54) is 44.1 Å². The van der Waals surface area contributed by atoms with Crippen LogP contribution in [0.4, 0.5) is 4.79 Å². The second-order valence-corrected chi connectivity index (χ2v) is 5.56. The number of rotatable bonds is 11. The Balaban J connectivity index is 1.93. The number of aryl methyl sites for hydroxylation is 1. The second-order valence-electron chi connectivity index (χ2n) is 5.56. The van der Waals surface area contributed by atoms with E-state index >= 15 is 0 Å². The fraction of sp³-hybridized carbons (Fsp3) is 0.611. The van der Waals surface area contributed by atoms with E-state index in [0.717, 1.165) is 19.3 Å². The van der Waals surface area contributed by atoms with Crippen molar-refractivity contribution in [2.75, 3.05) is 0 Å². The van der Waals surface area contributed by atoms with Gasteiger partial charge in [-0.05, 0) is 37.7 Å². The Bertz CT molecular complexity index is 375. The highest BCUT2D eigenvalue weighted by atomic mass is 16.7. The third kappa shape index (κ3) is 9.11. The van der Waals surface area contributed by atoms with Gasteiger partial charge >= 0.3 is 6.16 Å². The minimum Gasteiger partial charge on any atom is -0.450 e. The van der Waals surface area contributed by atoms with Crippen molar-refractivity contribution in [1.82, 2.24) is 0 Å². The van der Waals surface area contributed by atoms with E-state index in [0.29, 0.717) is 0 Å². The van der Waals surface area contributed by atoms with Gasteiger partial charge in [0.25, 0.3) is 0 Å². The summed E-state index contributed by atoms with van der Waals surface area (Å²) < 4.78 is 4.81. The lowest BCUT2D eigenvalue weighted by Crippen LogP contribution is -2.15. The molecule has 1 N–H and O–H groups in total. The second kappa shape index (κ2) is 11.2. The molecule has 1 unspecified atom stereocenters. The molecule has 0 bridgehead atoms. The van der Waals surface area contributed by atoms with E-state index in [9.17, 15) is 4.79 Å². The number of benzene rings is 1. The van der Waals surface area contributed by atoms with Crippen LogP contribution < -0.4 is 0 Å². The highest BCUT2D eigenvalue weighted by Gasteiger charge is 2.10. The summed E-state index contributed by atoms with van der Waals surface area (Å²) in [5.41, 5.74) is 1.43. The fourth-order valence-electron chi connectivity index (χ4n) is 2.54. The minimum atomic E-state index is -1.15. The Morgan fingerprint density at radius 1 is 1.05 bits per heavy atom. The lowest BCUT2D eigenvalue weighted by atomic mass is 10.0. The third-order valence-electron chi connectivity index (χ3n) is 3.81. The van der Waals surface area contributed by atoms with Crippen molar-refractivity contribution in [3.63, 3.8) is 0 Å². The Labute approximate surface area is 128 Å². The molecule has 0 saturated heterocycles. The molecule has 0 radical (unpaired) electrons. The zero-order chi connectivity index (χ0) is 15.3. The van der Waals surface area contributed by atoms with Crippen LogP contribution in [-0.4, -0.2) is 17.4 Å². The molecule has 0 fully saturated rings. The van der Waals surface area contributed by atoms with Crippen LogP contribution in [0.15, 0.2) is 30.3 Å². The highest BCUT2D eigenvalue weighted by molar-refractivity contribution is 5.57. The first-order valence-electron chi connectivity index (χ1n) is 8.16. The predicted molar refractivity (Wildman–Crippen MR) is 85.7 cm³/mol. The highest BCUT2D eigenvalue weighted by Crippen LogP contribution is 2.13. The van der Waals surface area contributed by atoms with Crippen LogP contribution in [0, 0.1) is 0 Å². The average Bonchev–Trinajstić information content (AvgIpc) is 2.49. The maximum atomic E-state index is 10.5. The van der Waals surface area contributed by atoms with Crippen molar-refractivity contribution in [1.29, 1.82) is 0 Å². The van der Waals surface area contributed by atoms with E-state index < -0.39 is 6.16 Å². The normalized spacial score (nSPS) is 12.0. The predicted octanol–water partition coefficient (Wildman–Crippen LogP) is 5.43. The lowest BCUT2D eigenvalue weighted by Gasteiger charge is -2.13. The van der Waals surface area contributed by atoms with Gasteiger partial charge in [-0.1, -0.05) is 62.9 Å². The van der Waals surface area contributed by atoms with Crippen LogP contribution in [-0.2, 0) is 11.2 Å². The topological polar surface area (TPSA) is 46.5 Å². The van der Waals surface area contributed by atoms with Crippen LogP contribution in [0.2, 0.25) is 0 Å². The Hall–Kier alpha value is -1.51. The number of hydrogen-bond donors (Lipinski definition) is 1. The van der Waals surface area contributed by atoms with Crippen LogP contribution in [0.5, 0.6) is 0 Å². The Morgan fingerprint density at radius 3 is 2.29 bits per heavy atom. The van der Waals surface area contributed by atoms with Gasteiger partial charge in [-0.25, -0.2) is 4.79 Å². The Kier molecular flexibility index (Phi) is 9.34. The number of unbranched alkanes of at least 4 members (excludes halogenated alkanes) is 5.